The summed E-state index contributed by atoms with van der Waals surface area (Å²) >= 11 is 0. The van der Waals surface area contributed by atoms with E-state index in [4.69, 9.17) is 9.97 Å². The molecule has 0 fully saturated rings. The molecule has 0 N–H and O–H groups in total. The lowest BCUT2D eigenvalue weighted by Crippen LogP contribution is -2.03. The number of hydrogen-bond donors (Lipinski definition) is 0. The molecule has 0 aliphatic carbocycles. The highest BCUT2D eigenvalue weighted by Gasteiger charge is 2.22. The minimum Gasteiger partial charge on any atom is -0.307 e. The van der Waals surface area contributed by atoms with Crippen molar-refractivity contribution < 1.29 is 0 Å². The van der Waals surface area contributed by atoms with Gasteiger partial charge in [-0.2, -0.15) is 0 Å². The largest absolute Gasteiger partial charge is 0.307 e. The van der Waals surface area contributed by atoms with Gasteiger partial charge in [0, 0.05) is 51.2 Å². The molecule has 9 aromatic rings. The van der Waals surface area contributed by atoms with E-state index in [0.29, 0.717) is 5.95 Å². The van der Waals surface area contributed by atoms with Gasteiger partial charge >= 0.3 is 0 Å². The molecule has 4 aromatic heterocycles. The maximum absolute atomic E-state index is 5.05. The molecule has 6 heteroatoms. The number of para-hydroxylation sites is 3. The monoisotopic (exact) mass is 512 g/mol. The summed E-state index contributed by atoms with van der Waals surface area (Å²) in [6, 6.07) is 35.9. The average molecular weight is 513 g/mol. The van der Waals surface area contributed by atoms with Gasteiger partial charge in [0.2, 0.25) is 5.95 Å². The van der Waals surface area contributed by atoms with Crippen LogP contribution in [0.2, 0.25) is 0 Å². The number of rotatable bonds is 2. The van der Waals surface area contributed by atoms with Gasteiger partial charge in [-0.1, -0.05) is 66.7 Å². The van der Waals surface area contributed by atoms with Crippen LogP contribution in [0, 0.1) is 0 Å². The zero-order valence-corrected chi connectivity index (χ0v) is 21.2. The van der Waals surface area contributed by atoms with Crippen LogP contribution in [0.3, 0.4) is 0 Å². The third-order valence-corrected chi connectivity index (χ3v) is 7.84. The van der Waals surface area contributed by atoms with Gasteiger partial charge in [-0.15, -0.1) is 0 Å². The number of aromatic nitrogens is 6. The molecule has 0 aliphatic rings. The zero-order chi connectivity index (χ0) is 26.2. The van der Waals surface area contributed by atoms with Crippen LogP contribution in [0.4, 0.5) is 0 Å². The van der Waals surface area contributed by atoms with Gasteiger partial charge in [0.05, 0.1) is 38.6 Å². The molecule has 0 radical (unpaired) electrons. The topological polar surface area (TPSA) is 61.4 Å². The van der Waals surface area contributed by atoms with Crippen molar-refractivity contribution in [3.05, 3.63) is 122 Å². The first kappa shape index (κ1) is 21.3. The molecule has 9 rings (SSSR count). The summed E-state index contributed by atoms with van der Waals surface area (Å²) in [6.07, 6.45) is 5.41. The summed E-state index contributed by atoms with van der Waals surface area (Å²) in [5.74, 6) is 0.649. The molecule has 0 aliphatic heterocycles. The van der Waals surface area contributed by atoms with Gasteiger partial charge in [-0.3, -0.25) is 14.5 Å². The average Bonchev–Trinajstić information content (AvgIpc) is 3.52. The minimum atomic E-state index is 0.649. The van der Waals surface area contributed by atoms with Gasteiger partial charge in [0.25, 0.3) is 0 Å². The Bertz CT molecular complexity index is 2440. The SMILES string of the molecule is c1ccc(-n2c3cc4nccnc4cc3c3ccc4c5ccccc5n(-c5ncc6ccccc6n5)c4c32)cc1. The van der Waals surface area contributed by atoms with Crippen molar-refractivity contribution in [2.24, 2.45) is 0 Å². The molecule has 186 valence electrons. The highest BCUT2D eigenvalue weighted by Crippen LogP contribution is 2.41. The molecule has 4 heterocycles. The Labute approximate surface area is 227 Å². The van der Waals surface area contributed by atoms with E-state index in [1.165, 1.54) is 0 Å². The molecule has 0 amide bonds. The summed E-state index contributed by atoms with van der Waals surface area (Å²) in [5.41, 5.74) is 8.05. The van der Waals surface area contributed by atoms with Crippen molar-refractivity contribution in [3.8, 4) is 11.6 Å². The smallest absolute Gasteiger partial charge is 0.235 e. The molecule has 0 atom stereocenters. The maximum Gasteiger partial charge on any atom is 0.235 e. The van der Waals surface area contributed by atoms with Gasteiger partial charge < -0.3 is 4.57 Å². The first-order valence-electron chi connectivity index (χ1n) is 13.2. The molecule has 0 unspecified atom stereocenters. The molecule has 6 nitrogen and oxygen atoms in total. The standard InChI is InChI=1S/C34H20N6/c1-2-9-22(10-3-1)39-31-19-29-28(35-16-17-36-29)18-26(31)25-15-14-24-23-11-5-7-13-30(23)40(33(24)32(25)39)34-37-20-21-8-4-6-12-27(21)38-34/h1-20H. The molecule has 0 saturated carbocycles. The van der Waals surface area contributed by atoms with Crippen molar-refractivity contribution >= 4 is 65.5 Å². The molecule has 0 bridgehead atoms. The lowest BCUT2D eigenvalue weighted by molar-refractivity contribution is 1.01. The zero-order valence-electron chi connectivity index (χ0n) is 21.2. The van der Waals surface area contributed by atoms with E-state index in [2.05, 4.69) is 91.9 Å². The van der Waals surface area contributed by atoms with Crippen LogP contribution in [0.1, 0.15) is 0 Å². The highest BCUT2D eigenvalue weighted by molar-refractivity contribution is 6.24. The number of hydrogen-bond acceptors (Lipinski definition) is 4. The fourth-order valence-electron chi connectivity index (χ4n) is 6.13. The van der Waals surface area contributed by atoms with Crippen LogP contribution < -0.4 is 0 Å². The summed E-state index contributed by atoms with van der Waals surface area (Å²) in [5, 5.41) is 5.60. The van der Waals surface area contributed by atoms with Crippen molar-refractivity contribution in [1.29, 1.82) is 0 Å². The molecular weight excluding hydrogens is 492 g/mol. The summed E-state index contributed by atoms with van der Waals surface area (Å²) in [6.45, 7) is 0. The van der Waals surface area contributed by atoms with Gasteiger partial charge in [0.1, 0.15) is 0 Å². The first-order chi connectivity index (χ1) is 19.8. The second kappa shape index (κ2) is 7.94. The normalized spacial score (nSPS) is 12.0. The molecule has 40 heavy (non-hydrogen) atoms. The van der Waals surface area contributed by atoms with Gasteiger partial charge in [-0.05, 0) is 36.4 Å². The second-order valence-electron chi connectivity index (χ2n) is 10.0. The number of benzene rings is 5. The van der Waals surface area contributed by atoms with Crippen molar-refractivity contribution in [2.45, 2.75) is 0 Å². The van der Waals surface area contributed by atoms with Crippen molar-refractivity contribution in [2.75, 3.05) is 0 Å². The van der Waals surface area contributed by atoms with E-state index >= 15 is 0 Å². The molecular formula is C34H20N6. The maximum atomic E-state index is 5.05. The summed E-state index contributed by atoms with van der Waals surface area (Å²) in [4.78, 5) is 19.2. The Balaban J connectivity index is 1.54. The van der Waals surface area contributed by atoms with Crippen LogP contribution in [-0.2, 0) is 0 Å². The Morgan fingerprint density at radius 3 is 2.05 bits per heavy atom. The Morgan fingerprint density at radius 2 is 1.18 bits per heavy atom. The number of fused-ring (bicyclic) bond motifs is 9. The predicted molar refractivity (Wildman–Crippen MR) is 161 cm³/mol. The molecule has 0 spiro atoms. The van der Waals surface area contributed by atoms with Crippen LogP contribution in [-0.4, -0.2) is 29.1 Å². The van der Waals surface area contributed by atoms with Crippen molar-refractivity contribution in [3.63, 3.8) is 0 Å². The van der Waals surface area contributed by atoms with Crippen LogP contribution in [0.25, 0.3) is 77.2 Å². The quantitative estimate of drug-likeness (QED) is 0.237. The molecule has 0 saturated heterocycles. The van der Waals surface area contributed by atoms with Crippen LogP contribution >= 0.6 is 0 Å². The lowest BCUT2D eigenvalue weighted by atomic mass is 10.1. The lowest BCUT2D eigenvalue weighted by Gasteiger charge is -2.11. The van der Waals surface area contributed by atoms with E-state index in [9.17, 15) is 0 Å². The third kappa shape index (κ3) is 2.87. The van der Waals surface area contributed by atoms with E-state index in [1.54, 1.807) is 12.4 Å². The van der Waals surface area contributed by atoms with E-state index < -0.39 is 0 Å². The van der Waals surface area contributed by atoms with Gasteiger partial charge in [0.15, 0.2) is 0 Å². The highest BCUT2D eigenvalue weighted by atomic mass is 15.2. The first-order valence-corrected chi connectivity index (χ1v) is 13.2. The summed E-state index contributed by atoms with van der Waals surface area (Å²) in [7, 11) is 0. The molecule has 5 aromatic carbocycles. The Kier molecular flexibility index (Phi) is 4.24. The predicted octanol–water partition coefficient (Wildman–Crippen LogP) is 7.77. The fraction of sp³-hybridized carbons (Fsp3) is 0. The number of nitrogens with zero attached hydrogens (tertiary/aromatic N) is 6. The van der Waals surface area contributed by atoms with Crippen molar-refractivity contribution in [1.82, 2.24) is 29.1 Å². The Morgan fingerprint density at radius 1 is 0.475 bits per heavy atom. The van der Waals surface area contributed by atoms with E-state index in [1.807, 2.05) is 36.5 Å². The third-order valence-electron chi connectivity index (χ3n) is 7.84. The fourth-order valence-corrected chi connectivity index (χ4v) is 6.13. The van der Waals surface area contributed by atoms with Gasteiger partial charge in [-0.25, -0.2) is 9.97 Å². The minimum absolute atomic E-state index is 0.649. The van der Waals surface area contributed by atoms with Crippen LogP contribution in [0.15, 0.2) is 122 Å². The Hall–Kier alpha value is -5.62. The second-order valence-corrected chi connectivity index (χ2v) is 10.0. The summed E-state index contributed by atoms with van der Waals surface area (Å²) < 4.78 is 4.56. The van der Waals surface area contributed by atoms with Crippen LogP contribution in [0.5, 0.6) is 0 Å². The van der Waals surface area contributed by atoms with E-state index in [0.717, 1.165) is 71.2 Å². The van der Waals surface area contributed by atoms with E-state index in [-0.39, 0.29) is 0 Å².